The van der Waals surface area contributed by atoms with E-state index in [1.807, 2.05) is 17.1 Å². The topological polar surface area (TPSA) is 75.9 Å². The quantitative estimate of drug-likeness (QED) is 0.719. The van der Waals surface area contributed by atoms with E-state index in [0.29, 0.717) is 31.3 Å². The summed E-state index contributed by atoms with van der Waals surface area (Å²) >= 11 is 0. The van der Waals surface area contributed by atoms with Gasteiger partial charge in [-0.2, -0.15) is 0 Å². The fourth-order valence-electron chi connectivity index (χ4n) is 4.35. The highest BCUT2D eigenvalue weighted by atomic mass is 16.5. The minimum absolute atomic E-state index is 0.0453. The number of ether oxygens (including phenoxy) is 1. The Morgan fingerprint density at radius 1 is 1.50 bits per heavy atom. The number of rotatable bonds is 6. The predicted octanol–water partition coefficient (Wildman–Crippen LogP) is 1.46. The Balaban J connectivity index is 1.52. The van der Waals surface area contributed by atoms with Crippen LogP contribution in [0.2, 0.25) is 0 Å². The summed E-state index contributed by atoms with van der Waals surface area (Å²) in [6.45, 7) is 5.88. The maximum Gasteiger partial charge on any atom is 0.230 e. The Morgan fingerprint density at radius 3 is 3.00 bits per heavy atom. The number of fused-ring (bicyclic) bond motifs is 1. The van der Waals surface area contributed by atoms with E-state index in [1.54, 1.807) is 24.2 Å². The Hall–Kier alpha value is -2.15. The van der Waals surface area contributed by atoms with Gasteiger partial charge in [-0.15, -0.1) is 0 Å². The first-order chi connectivity index (χ1) is 12.4. The van der Waals surface area contributed by atoms with Gasteiger partial charge in [0, 0.05) is 19.7 Å². The van der Waals surface area contributed by atoms with Crippen molar-refractivity contribution in [2.75, 3.05) is 20.1 Å². The normalized spacial score (nSPS) is 31.9. The van der Waals surface area contributed by atoms with Gasteiger partial charge in [-0.05, 0) is 12.3 Å². The molecule has 0 N–H and O–H groups in total. The third-order valence-electron chi connectivity index (χ3n) is 5.70. The first-order valence-corrected chi connectivity index (χ1v) is 9.22. The van der Waals surface area contributed by atoms with E-state index >= 15 is 0 Å². The molecular formula is C19H25N3O4. The number of carbonyl (C=O) groups is 2. The standard InChI is InChI=1S/C19H25N3O4/c1-12(2)6-9-22-11-19-7-4-14(25-19)15(16(19)18(22)24)17(23)21(3)10-13-5-8-20-26-13/h4-5,7-8,12,14-16H,6,9-11H2,1-3H3/t14-,15+,16+,19-/m0/s1. The van der Waals surface area contributed by atoms with E-state index in [0.717, 1.165) is 6.42 Å². The molecule has 0 saturated carbocycles. The zero-order valence-corrected chi connectivity index (χ0v) is 15.4. The lowest BCUT2D eigenvalue weighted by molar-refractivity contribution is -0.142. The Kier molecular flexibility index (Phi) is 4.14. The monoisotopic (exact) mass is 359 g/mol. The molecule has 0 radical (unpaired) electrons. The molecule has 4 heterocycles. The summed E-state index contributed by atoms with van der Waals surface area (Å²) in [7, 11) is 1.73. The summed E-state index contributed by atoms with van der Waals surface area (Å²) in [4.78, 5) is 29.6. The number of likely N-dealkylation sites (tertiary alicyclic amines) is 1. The van der Waals surface area contributed by atoms with Crippen molar-refractivity contribution in [1.82, 2.24) is 15.0 Å². The van der Waals surface area contributed by atoms with Crippen molar-refractivity contribution in [1.29, 1.82) is 0 Å². The van der Waals surface area contributed by atoms with Gasteiger partial charge in [0.2, 0.25) is 11.8 Å². The van der Waals surface area contributed by atoms with Crippen molar-refractivity contribution < 1.29 is 18.8 Å². The maximum absolute atomic E-state index is 13.1. The zero-order valence-electron chi connectivity index (χ0n) is 15.4. The molecule has 4 rings (SSSR count). The molecule has 7 nitrogen and oxygen atoms in total. The molecule has 4 atom stereocenters. The van der Waals surface area contributed by atoms with E-state index in [1.165, 1.54) is 0 Å². The molecule has 1 aromatic heterocycles. The van der Waals surface area contributed by atoms with Crippen LogP contribution in [-0.2, 0) is 20.9 Å². The van der Waals surface area contributed by atoms with E-state index in [-0.39, 0.29) is 17.9 Å². The van der Waals surface area contributed by atoms with Crippen LogP contribution >= 0.6 is 0 Å². The van der Waals surface area contributed by atoms with Gasteiger partial charge in [0.25, 0.3) is 0 Å². The Morgan fingerprint density at radius 2 is 2.31 bits per heavy atom. The van der Waals surface area contributed by atoms with Crippen LogP contribution in [0.25, 0.3) is 0 Å². The average molecular weight is 359 g/mol. The number of hydrogen-bond donors (Lipinski definition) is 0. The Bertz CT molecular complexity index is 729. The molecular weight excluding hydrogens is 334 g/mol. The molecule has 2 fully saturated rings. The van der Waals surface area contributed by atoms with Gasteiger partial charge in [-0.25, -0.2) is 0 Å². The molecule has 2 bridgehead atoms. The molecule has 1 spiro atoms. The molecule has 0 aliphatic carbocycles. The van der Waals surface area contributed by atoms with Gasteiger partial charge in [0.1, 0.15) is 5.60 Å². The SMILES string of the molecule is CC(C)CCN1C[C@]23C=C[C@H](O2)[C@@H](C(=O)N(C)Cc2ccno2)[C@@H]3C1=O. The summed E-state index contributed by atoms with van der Waals surface area (Å²) in [6, 6.07) is 1.73. The lowest BCUT2D eigenvalue weighted by Crippen LogP contribution is -2.44. The minimum Gasteiger partial charge on any atom is -0.360 e. The van der Waals surface area contributed by atoms with Crippen molar-refractivity contribution in [2.45, 2.75) is 38.5 Å². The van der Waals surface area contributed by atoms with E-state index in [4.69, 9.17) is 9.26 Å². The molecule has 2 saturated heterocycles. The highest BCUT2D eigenvalue weighted by molar-refractivity contribution is 5.92. The van der Waals surface area contributed by atoms with Crippen LogP contribution in [0.15, 0.2) is 28.9 Å². The number of nitrogens with zero attached hydrogens (tertiary/aromatic N) is 3. The van der Waals surface area contributed by atoms with E-state index < -0.39 is 17.4 Å². The smallest absolute Gasteiger partial charge is 0.230 e. The lowest BCUT2D eigenvalue weighted by atomic mass is 9.76. The predicted molar refractivity (Wildman–Crippen MR) is 92.7 cm³/mol. The second kappa shape index (κ2) is 6.23. The van der Waals surface area contributed by atoms with Crippen LogP contribution in [0.4, 0.5) is 0 Å². The van der Waals surface area contributed by atoms with Gasteiger partial charge < -0.3 is 19.1 Å². The minimum atomic E-state index is -0.633. The molecule has 0 unspecified atom stereocenters. The third-order valence-corrected chi connectivity index (χ3v) is 5.70. The van der Waals surface area contributed by atoms with Crippen molar-refractivity contribution in [3.63, 3.8) is 0 Å². The summed E-state index contributed by atoms with van der Waals surface area (Å²) in [6.07, 6.45) is 6.13. The number of aromatic nitrogens is 1. The van der Waals surface area contributed by atoms with Gasteiger partial charge in [0.05, 0.1) is 37.2 Å². The zero-order chi connectivity index (χ0) is 18.5. The van der Waals surface area contributed by atoms with E-state index in [9.17, 15) is 9.59 Å². The summed E-state index contributed by atoms with van der Waals surface area (Å²) < 4.78 is 11.2. The van der Waals surface area contributed by atoms with Crippen molar-refractivity contribution in [3.05, 3.63) is 30.2 Å². The lowest BCUT2D eigenvalue weighted by Gasteiger charge is -2.27. The van der Waals surface area contributed by atoms with Gasteiger partial charge in [0.15, 0.2) is 5.76 Å². The highest BCUT2D eigenvalue weighted by Crippen LogP contribution is 2.52. The van der Waals surface area contributed by atoms with Gasteiger partial charge >= 0.3 is 0 Å². The molecule has 3 aliphatic heterocycles. The van der Waals surface area contributed by atoms with Crippen LogP contribution in [0.5, 0.6) is 0 Å². The molecule has 140 valence electrons. The fraction of sp³-hybridized carbons (Fsp3) is 0.632. The average Bonchev–Trinajstić information content (AvgIpc) is 3.35. The fourth-order valence-corrected chi connectivity index (χ4v) is 4.35. The maximum atomic E-state index is 13.1. The first kappa shape index (κ1) is 17.3. The number of amides is 2. The second-order valence-corrected chi connectivity index (χ2v) is 8.02. The van der Waals surface area contributed by atoms with Crippen molar-refractivity contribution in [2.24, 2.45) is 17.8 Å². The molecule has 3 aliphatic rings. The van der Waals surface area contributed by atoms with Crippen molar-refractivity contribution in [3.8, 4) is 0 Å². The summed E-state index contributed by atoms with van der Waals surface area (Å²) in [5.41, 5.74) is -0.633. The first-order valence-electron chi connectivity index (χ1n) is 9.22. The largest absolute Gasteiger partial charge is 0.360 e. The second-order valence-electron chi connectivity index (χ2n) is 8.02. The van der Waals surface area contributed by atoms with Crippen molar-refractivity contribution >= 4 is 11.8 Å². The molecule has 1 aromatic rings. The molecule has 7 heteroatoms. The van der Waals surface area contributed by atoms with Crippen LogP contribution < -0.4 is 0 Å². The van der Waals surface area contributed by atoms with Crippen LogP contribution in [0.3, 0.4) is 0 Å². The van der Waals surface area contributed by atoms with Gasteiger partial charge in [-0.1, -0.05) is 31.2 Å². The van der Waals surface area contributed by atoms with E-state index in [2.05, 4.69) is 19.0 Å². The third kappa shape index (κ3) is 2.65. The number of carbonyl (C=O) groups excluding carboxylic acids is 2. The summed E-state index contributed by atoms with van der Waals surface area (Å²) in [5, 5.41) is 3.67. The van der Waals surface area contributed by atoms with Crippen LogP contribution in [-0.4, -0.2) is 58.6 Å². The number of hydrogen-bond acceptors (Lipinski definition) is 5. The molecule has 2 amide bonds. The Labute approximate surface area is 152 Å². The van der Waals surface area contributed by atoms with Crippen LogP contribution in [0, 0.1) is 17.8 Å². The molecule has 26 heavy (non-hydrogen) atoms. The summed E-state index contributed by atoms with van der Waals surface area (Å²) in [5.74, 6) is 0.217. The highest BCUT2D eigenvalue weighted by Gasteiger charge is 2.66. The van der Waals surface area contributed by atoms with Crippen LogP contribution in [0.1, 0.15) is 26.0 Å². The van der Waals surface area contributed by atoms with Gasteiger partial charge in [-0.3, -0.25) is 9.59 Å². The molecule has 0 aromatic carbocycles.